The van der Waals surface area contributed by atoms with E-state index >= 15 is 0 Å². The van der Waals surface area contributed by atoms with Crippen LogP contribution in [0, 0.1) is 0 Å². The molecular weight excluding hydrogens is 388 g/mol. The third kappa shape index (κ3) is 9.04. The second-order valence-corrected chi connectivity index (χ2v) is 6.66. The molecule has 1 atom stereocenters. The number of rotatable bonds is 13. The van der Waals surface area contributed by atoms with E-state index in [0.29, 0.717) is 19.5 Å². The lowest BCUT2D eigenvalue weighted by Crippen LogP contribution is -2.47. The molecule has 9 heteroatoms. The van der Waals surface area contributed by atoms with E-state index in [9.17, 15) is 19.2 Å². The number of anilines is 1. The smallest absolute Gasteiger partial charge is 0.330 e. The van der Waals surface area contributed by atoms with Gasteiger partial charge in [-0.15, -0.1) is 0 Å². The first-order valence-corrected chi connectivity index (χ1v) is 10.2. The van der Waals surface area contributed by atoms with E-state index in [1.807, 2.05) is 6.92 Å². The molecule has 0 radical (unpaired) electrons. The monoisotopic (exact) mass is 420 g/mol. The number of ether oxygens (including phenoxy) is 1. The van der Waals surface area contributed by atoms with Gasteiger partial charge in [-0.3, -0.25) is 14.4 Å². The number of hydrogen-bond donors (Lipinski definition) is 3. The summed E-state index contributed by atoms with van der Waals surface area (Å²) in [6.07, 6.45) is 7.06. The molecule has 0 bridgehead atoms. The van der Waals surface area contributed by atoms with Crippen LogP contribution in [0.5, 0.6) is 0 Å². The van der Waals surface area contributed by atoms with Crippen molar-refractivity contribution in [2.24, 2.45) is 0 Å². The average molecular weight is 421 g/mol. The molecule has 166 valence electrons. The van der Waals surface area contributed by atoms with Gasteiger partial charge >= 0.3 is 5.97 Å². The van der Waals surface area contributed by atoms with Gasteiger partial charge in [0, 0.05) is 18.8 Å². The topological polar surface area (TPSA) is 119 Å². The molecule has 0 aliphatic carbocycles. The van der Waals surface area contributed by atoms with Crippen LogP contribution >= 0.6 is 0 Å². The Hall–Kier alpha value is -2.94. The molecule has 30 heavy (non-hydrogen) atoms. The Bertz CT molecular complexity index is 788. The lowest BCUT2D eigenvalue weighted by molar-refractivity contribution is -0.134. The molecule has 2 amide bonds. The van der Waals surface area contributed by atoms with E-state index in [0.717, 1.165) is 12.8 Å². The Morgan fingerprint density at radius 1 is 1.27 bits per heavy atom. The van der Waals surface area contributed by atoms with Crippen LogP contribution in [0.25, 0.3) is 0 Å². The third-order valence-corrected chi connectivity index (χ3v) is 4.34. The van der Waals surface area contributed by atoms with Crippen molar-refractivity contribution in [1.82, 2.24) is 15.2 Å². The molecule has 1 aromatic heterocycles. The average Bonchev–Trinajstić information content (AvgIpc) is 2.74. The molecule has 9 nitrogen and oxygen atoms in total. The molecule has 0 aliphatic heterocycles. The highest BCUT2D eigenvalue weighted by atomic mass is 16.5. The number of nitrogens with one attached hydrogen (secondary N) is 3. The fraction of sp³-hybridized carbons (Fsp3) is 0.524. The summed E-state index contributed by atoms with van der Waals surface area (Å²) >= 11 is 0. The van der Waals surface area contributed by atoms with E-state index in [-0.39, 0.29) is 30.1 Å². The van der Waals surface area contributed by atoms with Gasteiger partial charge in [-0.05, 0) is 44.9 Å². The molecular formula is C21H32N4O5. The highest BCUT2D eigenvalue weighted by Gasteiger charge is 2.21. The number of esters is 1. The number of methoxy groups -OCH3 is 1. The molecule has 0 aromatic carbocycles. The summed E-state index contributed by atoms with van der Waals surface area (Å²) in [7, 11) is 1.28. The number of carbonyl (C=O) groups excluding carboxylic acids is 3. The summed E-state index contributed by atoms with van der Waals surface area (Å²) in [5.74, 6) is -1.30. The zero-order valence-corrected chi connectivity index (χ0v) is 17.9. The van der Waals surface area contributed by atoms with Crippen LogP contribution in [0.3, 0.4) is 0 Å². The molecule has 1 aromatic rings. The maximum Gasteiger partial charge on any atom is 0.330 e. The van der Waals surface area contributed by atoms with Crippen molar-refractivity contribution in [3.63, 3.8) is 0 Å². The normalized spacial score (nSPS) is 11.8. The number of allylic oxidation sites excluding steroid dienone is 1. The zero-order chi connectivity index (χ0) is 22.4. The van der Waals surface area contributed by atoms with Gasteiger partial charge in [0.25, 0.3) is 5.56 Å². The van der Waals surface area contributed by atoms with Gasteiger partial charge in [-0.25, -0.2) is 4.79 Å². The van der Waals surface area contributed by atoms with E-state index in [1.165, 1.54) is 23.8 Å². The van der Waals surface area contributed by atoms with E-state index in [1.54, 1.807) is 18.3 Å². The first kappa shape index (κ1) is 25.1. The molecule has 1 unspecified atom stereocenters. The Morgan fingerprint density at radius 2 is 2.03 bits per heavy atom. The summed E-state index contributed by atoms with van der Waals surface area (Å²) in [4.78, 5) is 48.5. The Morgan fingerprint density at radius 3 is 2.70 bits per heavy atom. The molecule has 0 saturated heterocycles. The Labute approximate surface area is 176 Å². The van der Waals surface area contributed by atoms with Crippen molar-refractivity contribution in [3.05, 3.63) is 40.8 Å². The SMILES string of the molecule is CCCCNCC(=O)NC(CC/C=C/C(=O)OC)C(=O)Nc1cccn(CC)c1=O. The first-order valence-electron chi connectivity index (χ1n) is 10.2. The number of nitrogens with zero attached hydrogens (tertiary/aromatic N) is 1. The molecule has 0 fully saturated rings. The van der Waals surface area contributed by atoms with Gasteiger partial charge in [-0.1, -0.05) is 19.4 Å². The van der Waals surface area contributed by atoms with Crippen molar-refractivity contribution in [1.29, 1.82) is 0 Å². The second-order valence-electron chi connectivity index (χ2n) is 6.66. The van der Waals surface area contributed by atoms with Crippen molar-refractivity contribution in [2.45, 2.75) is 52.1 Å². The van der Waals surface area contributed by atoms with Crippen molar-refractivity contribution >= 4 is 23.5 Å². The fourth-order valence-corrected chi connectivity index (χ4v) is 2.63. The number of carbonyl (C=O) groups is 3. The minimum atomic E-state index is -0.859. The Balaban J connectivity index is 2.80. The molecule has 1 heterocycles. The highest BCUT2D eigenvalue weighted by Crippen LogP contribution is 2.05. The van der Waals surface area contributed by atoms with Crippen LogP contribution in [-0.4, -0.2) is 48.6 Å². The predicted molar refractivity (Wildman–Crippen MR) is 115 cm³/mol. The number of amides is 2. The summed E-state index contributed by atoms with van der Waals surface area (Å²) < 4.78 is 6.00. The number of hydrogen-bond acceptors (Lipinski definition) is 6. The zero-order valence-electron chi connectivity index (χ0n) is 17.9. The molecule has 0 aliphatic rings. The summed E-state index contributed by atoms with van der Waals surface area (Å²) in [5.41, 5.74) is -0.167. The first-order chi connectivity index (χ1) is 14.4. The summed E-state index contributed by atoms with van der Waals surface area (Å²) in [5, 5.41) is 8.32. The van der Waals surface area contributed by atoms with Gasteiger partial charge in [0.15, 0.2) is 0 Å². The van der Waals surface area contributed by atoms with Crippen LogP contribution in [0.2, 0.25) is 0 Å². The number of aromatic nitrogens is 1. The van der Waals surface area contributed by atoms with E-state index in [4.69, 9.17) is 0 Å². The quantitative estimate of drug-likeness (QED) is 0.251. The van der Waals surface area contributed by atoms with Crippen molar-refractivity contribution < 1.29 is 19.1 Å². The number of unbranched alkanes of at least 4 members (excludes halogenated alkanes) is 1. The minimum Gasteiger partial charge on any atom is -0.466 e. The maximum atomic E-state index is 12.8. The lowest BCUT2D eigenvalue weighted by atomic mass is 10.1. The largest absolute Gasteiger partial charge is 0.466 e. The van der Waals surface area contributed by atoms with Crippen LogP contribution in [-0.2, 0) is 25.7 Å². The van der Waals surface area contributed by atoms with Gasteiger partial charge in [0.05, 0.1) is 13.7 Å². The molecule has 0 spiro atoms. The Kier molecular flexibility index (Phi) is 11.8. The number of aryl methyl sites for hydroxylation is 1. The van der Waals surface area contributed by atoms with Gasteiger partial charge in [0.1, 0.15) is 11.7 Å². The van der Waals surface area contributed by atoms with E-state index < -0.39 is 17.9 Å². The standard InChI is InChI=1S/C21H32N4O5/c1-4-6-13-22-15-18(26)23-16(10-7-8-12-19(27)30-3)20(28)24-17-11-9-14-25(5-2)21(17)29/h8-9,11-12,14,16,22H,4-7,10,13,15H2,1-3H3,(H,23,26)(H,24,28)/b12-8+. The van der Waals surface area contributed by atoms with Crippen LogP contribution < -0.4 is 21.5 Å². The summed E-state index contributed by atoms with van der Waals surface area (Å²) in [6, 6.07) is 2.34. The van der Waals surface area contributed by atoms with Gasteiger partial charge in [-0.2, -0.15) is 0 Å². The molecule has 0 saturated carbocycles. The van der Waals surface area contributed by atoms with Gasteiger partial charge in [0.2, 0.25) is 11.8 Å². The fourth-order valence-electron chi connectivity index (χ4n) is 2.63. The summed E-state index contributed by atoms with van der Waals surface area (Å²) in [6.45, 7) is 5.17. The van der Waals surface area contributed by atoms with E-state index in [2.05, 4.69) is 27.6 Å². The van der Waals surface area contributed by atoms with Gasteiger partial charge < -0.3 is 25.3 Å². The third-order valence-electron chi connectivity index (χ3n) is 4.34. The second kappa shape index (κ2) is 14.1. The minimum absolute atomic E-state index is 0.0930. The molecule has 3 N–H and O–H groups in total. The van der Waals surface area contributed by atoms with Crippen LogP contribution in [0.15, 0.2) is 35.3 Å². The highest BCUT2D eigenvalue weighted by molar-refractivity contribution is 5.97. The number of pyridine rings is 1. The van der Waals surface area contributed by atoms with Crippen LogP contribution in [0.1, 0.15) is 39.5 Å². The van der Waals surface area contributed by atoms with Crippen molar-refractivity contribution in [2.75, 3.05) is 25.5 Å². The van der Waals surface area contributed by atoms with Crippen molar-refractivity contribution in [3.8, 4) is 0 Å². The lowest BCUT2D eigenvalue weighted by Gasteiger charge is -2.18. The maximum absolute atomic E-state index is 12.8. The molecule has 1 rings (SSSR count). The van der Waals surface area contributed by atoms with Crippen LogP contribution in [0.4, 0.5) is 5.69 Å². The predicted octanol–water partition coefficient (Wildman–Crippen LogP) is 1.19.